The Hall–Kier alpha value is -1.71. The van der Waals surface area contributed by atoms with Gasteiger partial charge in [-0.1, -0.05) is 38.1 Å². The summed E-state index contributed by atoms with van der Waals surface area (Å²) in [5.41, 5.74) is 2.99. The van der Waals surface area contributed by atoms with Crippen LogP contribution in [0.2, 0.25) is 0 Å². The number of aromatic nitrogens is 1. The lowest BCUT2D eigenvalue weighted by atomic mass is 9.96. The van der Waals surface area contributed by atoms with E-state index in [9.17, 15) is 5.11 Å². The minimum atomic E-state index is -0.606. The van der Waals surface area contributed by atoms with Crippen molar-refractivity contribution in [3.63, 3.8) is 0 Å². The van der Waals surface area contributed by atoms with Crippen LogP contribution in [0.4, 0.5) is 0 Å². The maximum atomic E-state index is 10.3. The molecular weight excluding hydrogens is 272 g/mol. The van der Waals surface area contributed by atoms with Crippen LogP contribution in [0, 0.1) is 0 Å². The molecule has 2 N–H and O–H groups in total. The van der Waals surface area contributed by atoms with Crippen molar-refractivity contribution >= 4 is 0 Å². The molecule has 22 heavy (non-hydrogen) atoms. The average molecular weight is 298 g/mol. The number of nitrogens with one attached hydrogen (secondary N) is 1. The zero-order chi connectivity index (χ0) is 16.0. The topological polar surface area (TPSA) is 45.1 Å². The van der Waals surface area contributed by atoms with Crippen LogP contribution in [0.25, 0.3) is 11.1 Å². The van der Waals surface area contributed by atoms with E-state index >= 15 is 0 Å². The average Bonchev–Trinajstić information content (AvgIpc) is 2.60. The molecule has 2 rings (SSSR count). The van der Waals surface area contributed by atoms with Gasteiger partial charge in [0.2, 0.25) is 0 Å². The monoisotopic (exact) mass is 298 g/mol. The summed E-state index contributed by atoms with van der Waals surface area (Å²) in [5, 5.41) is 13.8. The standard InChI is InChI=1S/C19H26N2O/c1-4-19(22,5-2)14-21-15(3)16-6-8-17(9-7-16)18-10-12-20-13-11-18/h6-13,15,21-22H,4-5,14H2,1-3H3. The van der Waals surface area contributed by atoms with Gasteiger partial charge in [0.05, 0.1) is 5.60 Å². The summed E-state index contributed by atoms with van der Waals surface area (Å²) in [6.07, 6.45) is 5.15. The van der Waals surface area contributed by atoms with Crippen LogP contribution < -0.4 is 5.32 Å². The van der Waals surface area contributed by atoms with Gasteiger partial charge in [0, 0.05) is 25.0 Å². The molecule has 1 heterocycles. The largest absolute Gasteiger partial charge is 0.389 e. The van der Waals surface area contributed by atoms with E-state index in [2.05, 4.69) is 41.5 Å². The lowest BCUT2D eigenvalue weighted by Crippen LogP contribution is -2.40. The van der Waals surface area contributed by atoms with Gasteiger partial charge in [-0.2, -0.15) is 0 Å². The molecule has 0 fully saturated rings. The highest BCUT2D eigenvalue weighted by molar-refractivity contribution is 5.62. The van der Waals surface area contributed by atoms with E-state index in [-0.39, 0.29) is 6.04 Å². The highest BCUT2D eigenvalue weighted by atomic mass is 16.3. The molecular formula is C19H26N2O. The Bertz CT molecular complexity index is 562. The third-order valence-corrected chi connectivity index (χ3v) is 4.48. The van der Waals surface area contributed by atoms with E-state index < -0.39 is 5.60 Å². The van der Waals surface area contributed by atoms with E-state index in [1.54, 1.807) is 0 Å². The van der Waals surface area contributed by atoms with E-state index in [0.29, 0.717) is 6.54 Å². The molecule has 0 aliphatic rings. The quantitative estimate of drug-likeness (QED) is 0.813. The molecule has 1 unspecified atom stereocenters. The van der Waals surface area contributed by atoms with Crippen LogP contribution in [0.3, 0.4) is 0 Å². The zero-order valence-electron chi connectivity index (χ0n) is 13.7. The van der Waals surface area contributed by atoms with Gasteiger partial charge in [-0.05, 0) is 48.6 Å². The van der Waals surface area contributed by atoms with Crippen molar-refractivity contribution in [2.45, 2.75) is 45.3 Å². The Morgan fingerprint density at radius 3 is 2.09 bits per heavy atom. The van der Waals surface area contributed by atoms with Crippen LogP contribution >= 0.6 is 0 Å². The van der Waals surface area contributed by atoms with Crippen molar-refractivity contribution < 1.29 is 5.11 Å². The molecule has 0 saturated heterocycles. The second kappa shape index (κ2) is 7.52. The van der Waals surface area contributed by atoms with Gasteiger partial charge in [-0.15, -0.1) is 0 Å². The summed E-state index contributed by atoms with van der Waals surface area (Å²) >= 11 is 0. The number of hydrogen-bond donors (Lipinski definition) is 2. The number of benzene rings is 1. The number of rotatable bonds is 7. The number of pyridine rings is 1. The highest BCUT2D eigenvalue weighted by Crippen LogP contribution is 2.22. The van der Waals surface area contributed by atoms with Crippen LogP contribution in [0.5, 0.6) is 0 Å². The molecule has 118 valence electrons. The molecule has 0 aliphatic heterocycles. The summed E-state index contributed by atoms with van der Waals surface area (Å²) < 4.78 is 0. The molecule has 3 nitrogen and oxygen atoms in total. The number of aliphatic hydroxyl groups is 1. The molecule has 1 aromatic carbocycles. The molecule has 0 aliphatic carbocycles. The fourth-order valence-corrected chi connectivity index (χ4v) is 2.47. The first-order valence-electron chi connectivity index (χ1n) is 8.04. The Morgan fingerprint density at radius 2 is 1.55 bits per heavy atom. The predicted molar refractivity (Wildman–Crippen MR) is 91.6 cm³/mol. The van der Waals surface area contributed by atoms with E-state index in [4.69, 9.17) is 0 Å². The third kappa shape index (κ3) is 4.15. The Kier molecular flexibility index (Phi) is 5.69. The van der Waals surface area contributed by atoms with Crippen molar-refractivity contribution in [2.75, 3.05) is 6.54 Å². The minimum Gasteiger partial charge on any atom is -0.389 e. The van der Waals surface area contributed by atoms with Crippen molar-refractivity contribution in [3.8, 4) is 11.1 Å². The molecule has 2 aromatic rings. The van der Waals surface area contributed by atoms with Gasteiger partial charge in [0.25, 0.3) is 0 Å². The van der Waals surface area contributed by atoms with Gasteiger partial charge < -0.3 is 10.4 Å². The van der Waals surface area contributed by atoms with Crippen molar-refractivity contribution in [2.24, 2.45) is 0 Å². The Morgan fingerprint density at radius 1 is 1.00 bits per heavy atom. The Labute approximate surface area is 133 Å². The smallest absolute Gasteiger partial charge is 0.0766 e. The van der Waals surface area contributed by atoms with Gasteiger partial charge in [0.1, 0.15) is 0 Å². The van der Waals surface area contributed by atoms with Crippen LogP contribution in [0.15, 0.2) is 48.8 Å². The first-order valence-corrected chi connectivity index (χ1v) is 8.04. The zero-order valence-corrected chi connectivity index (χ0v) is 13.7. The molecule has 1 atom stereocenters. The van der Waals surface area contributed by atoms with Gasteiger partial charge in [-0.3, -0.25) is 4.98 Å². The van der Waals surface area contributed by atoms with Gasteiger partial charge >= 0.3 is 0 Å². The third-order valence-electron chi connectivity index (χ3n) is 4.48. The maximum absolute atomic E-state index is 10.3. The summed E-state index contributed by atoms with van der Waals surface area (Å²) in [7, 11) is 0. The second-order valence-electron chi connectivity index (χ2n) is 5.89. The summed E-state index contributed by atoms with van der Waals surface area (Å²) in [6, 6.07) is 12.8. The summed E-state index contributed by atoms with van der Waals surface area (Å²) in [4.78, 5) is 4.05. The van der Waals surface area contributed by atoms with Crippen LogP contribution in [-0.4, -0.2) is 22.2 Å². The van der Waals surface area contributed by atoms with Crippen molar-refractivity contribution in [3.05, 3.63) is 54.4 Å². The lowest BCUT2D eigenvalue weighted by molar-refractivity contribution is 0.0303. The molecule has 3 heteroatoms. The Balaban J connectivity index is 2.01. The molecule has 0 saturated carbocycles. The fraction of sp³-hybridized carbons (Fsp3) is 0.421. The molecule has 0 spiro atoms. The fourth-order valence-electron chi connectivity index (χ4n) is 2.47. The number of nitrogens with zero attached hydrogens (tertiary/aromatic N) is 1. The van der Waals surface area contributed by atoms with E-state index in [0.717, 1.165) is 12.8 Å². The van der Waals surface area contributed by atoms with Gasteiger partial charge in [-0.25, -0.2) is 0 Å². The maximum Gasteiger partial charge on any atom is 0.0766 e. The first-order chi connectivity index (χ1) is 10.6. The van der Waals surface area contributed by atoms with Crippen molar-refractivity contribution in [1.82, 2.24) is 10.3 Å². The van der Waals surface area contributed by atoms with Crippen molar-refractivity contribution in [1.29, 1.82) is 0 Å². The van der Waals surface area contributed by atoms with E-state index in [1.165, 1.54) is 16.7 Å². The van der Waals surface area contributed by atoms with Crippen LogP contribution in [0.1, 0.15) is 45.2 Å². The van der Waals surface area contributed by atoms with Gasteiger partial charge in [0.15, 0.2) is 0 Å². The number of hydrogen-bond acceptors (Lipinski definition) is 3. The molecule has 0 radical (unpaired) electrons. The SMILES string of the molecule is CCC(O)(CC)CNC(C)c1ccc(-c2ccncc2)cc1. The predicted octanol–water partition coefficient (Wildman–Crippen LogP) is 3.95. The minimum absolute atomic E-state index is 0.219. The highest BCUT2D eigenvalue weighted by Gasteiger charge is 2.22. The molecule has 0 bridgehead atoms. The molecule has 1 aromatic heterocycles. The summed E-state index contributed by atoms with van der Waals surface area (Å²) in [6.45, 7) is 6.80. The summed E-state index contributed by atoms with van der Waals surface area (Å²) in [5.74, 6) is 0. The normalized spacial score (nSPS) is 13.1. The van der Waals surface area contributed by atoms with Crippen LogP contribution in [-0.2, 0) is 0 Å². The first kappa shape index (κ1) is 16.7. The second-order valence-corrected chi connectivity index (χ2v) is 5.89. The molecule has 0 amide bonds. The van der Waals surface area contributed by atoms with E-state index in [1.807, 2.05) is 38.4 Å². The lowest BCUT2D eigenvalue weighted by Gasteiger charge is -2.27.